The van der Waals surface area contributed by atoms with Gasteiger partial charge in [-0.25, -0.2) is 27.6 Å². The fourth-order valence-corrected chi connectivity index (χ4v) is 3.28. The predicted molar refractivity (Wildman–Crippen MR) is 136 cm³/mol. The number of esters is 1. The van der Waals surface area contributed by atoms with Gasteiger partial charge in [0.15, 0.2) is 10.7 Å². The maximum Gasteiger partial charge on any atom is 0.413 e. The highest BCUT2D eigenvalue weighted by Gasteiger charge is 2.49. The minimum atomic E-state index is -3.36. The number of anilines is 1. The zero-order valence-electron chi connectivity index (χ0n) is 22.4. The number of carbonyl (C=O) groups excluding carboxylic acids is 3. The summed E-state index contributed by atoms with van der Waals surface area (Å²) in [4.78, 5) is 40.8. The van der Waals surface area contributed by atoms with Crippen LogP contribution in [0.4, 0.5) is 28.4 Å². The minimum Gasteiger partial charge on any atom is -0.461 e. The summed E-state index contributed by atoms with van der Waals surface area (Å²) in [7, 11) is 0.971. The third-order valence-corrected chi connectivity index (χ3v) is 5.20. The van der Waals surface area contributed by atoms with Gasteiger partial charge in [0, 0.05) is 19.8 Å². The van der Waals surface area contributed by atoms with E-state index in [2.05, 4.69) is 10.3 Å². The van der Waals surface area contributed by atoms with Crippen LogP contribution in [-0.2, 0) is 18.9 Å². The lowest BCUT2D eigenvalue weighted by molar-refractivity contribution is -0.192. The second kappa shape index (κ2) is 14.2. The minimum absolute atomic E-state index is 0.0375. The summed E-state index contributed by atoms with van der Waals surface area (Å²) in [6.45, 7) is 7.85. The molecule has 0 aliphatic heterocycles. The maximum absolute atomic E-state index is 15.2. The van der Waals surface area contributed by atoms with Crippen molar-refractivity contribution in [3.8, 4) is 0 Å². The highest BCUT2D eigenvalue weighted by molar-refractivity contribution is 7.80. The van der Waals surface area contributed by atoms with Crippen molar-refractivity contribution in [3.05, 3.63) is 18.0 Å². The number of rotatable bonds is 11. The smallest absolute Gasteiger partial charge is 0.413 e. The summed E-state index contributed by atoms with van der Waals surface area (Å²) >= 11 is 5.26. The van der Waals surface area contributed by atoms with Gasteiger partial charge in [0.1, 0.15) is 11.3 Å². The standard InChI is InChI=1S/C23H35F3N4O7S/c1-8-34-16(31)15-14(10-11-27-15)30(19(38)28-20(32)35-9-2)12-13-36-23(6,17(24)25)18(26)29(7)21(33)37-22(3,4)5/h10-11,17-18,27H,8-9,12-13H2,1-7H3,(H,28,32,38). The Bertz CT molecular complexity index is 973. The number of hydrogen-bond acceptors (Lipinski definition) is 8. The van der Waals surface area contributed by atoms with Crippen LogP contribution in [0.1, 0.15) is 52.0 Å². The van der Waals surface area contributed by atoms with E-state index in [1.807, 2.05) is 0 Å². The number of halogens is 3. The number of hydrogen-bond donors (Lipinski definition) is 2. The van der Waals surface area contributed by atoms with E-state index in [4.69, 9.17) is 31.2 Å². The molecule has 2 N–H and O–H groups in total. The number of ether oxygens (including phenoxy) is 4. The number of likely N-dealkylation sites (N-methyl/N-ethyl adjacent to an activating group) is 1. The highest BCUT2D eigenvalue weighted by Crippen LogP contribution is 2.30. The number of alkyl carbamates (subject to hydrolysis) is 1. The molecule has 15 heteroatoms. The van der Waals surface area contributed by atoms with Gasteiger partial charge in [-0.2, -0.15) is 0 Å². The lowest BCUT2D eigenvalue weighted by Gasteiger charge is -2.37. The number of nitrogens with zero attached hydrogens (tertiary/aromatic N) is 2. The number of amides is 2. The van der Waals surface area contributed by atoms with Crippen molar-refractivity contribution in [2.45, 2.75) is 65.5 Å². The van der Waals surface area contributed by atoms with Crippen LogP contribution in [0.25, 0.3) is 0 Å². The Morgan fingerprint density at radius 2 is 1.71 bits per heavy atom. The van der Waals surface area contributed by atoms with Crippen LogP contribution >= 0.6 is 12.2 Å². The van der Waals surface area contributed by atoms with Gasteiger partial charge >= 0.3 is 18.2 Å². The molecular weight excluding hydrogens is 533 g/mol. The van der Waals surface area contributed by atoms with Gasteiger partial charge in [0.25, 0.3) is 6.43 Å². The molecule has 0 aliphatic rings. The van der Waals surface area contributed by atoms with E-state index in [9.17, 15) is 23.2 Å². The molecule has 2 atom stereocenters. The summed E-state index contributed by atoms with van der Waals surface area (Å²) in [5.74, 6) is -0.738. The molecule has 0 fully saturated rings. The first-order chi connectivity index (χ1) is 17.6. The molecule has 0 aromatic carbocycles. The summed E-state index contributed by atoms with van der Waals surface area (Å²) in [5, 5.41) is 2.05. The van der Waals surface area contributed by atoms with E-state index in [0.717, 1.165) is 14.0 Å². The Kier molecular flexibility index (Phi) is 12.3. The van der Waals surface area contributed by atoms with Crippen molar-refractivity contribution >= 4 is 41.2 Å². The van der Waals surface area contributed by atoms with Gasteiger partial charge in [0.2, 0.25) is 6.30 Å². The lowest BCUT2D eigenvalue weighted by atomic mass is 10.1. The number of alkyl halides is 3. The topological polar surface area (TPSA) is 122 Å². The van der Waals surface area contributed by atoms with Crippen LogP contribution in [0, 0.1) is 0 Å². The van der Waals surface area contributed by atoms with Gasteiger partial charge in [-0.05, 0) is 59.8 Å². The molecular formula is C23H35F3N4O7S. The number of aromatic nitrogens is 1. The quantitative estimate of drug-likeness (QED) is 0.175. The number of aromatic amines is 1. The SMILES string of the molecule is CCOC(=O)NC(=S)N(CCOC(C)(C(F)F)C(F)N(C)C(=O)OC(C)(C)C)c1cc[nH]c1C(=O)OCC. The molecule has 0 spiro atoms. The molecule has 38 heavy (non-hydrogen) atoms. The lowest BCUT2D eigenvalue weighted by Crippen LogP contribution is -2.56. The van der Waals surface area contributed by atoms with Crippen LogP contribution in [0.3, 0.4) is 0 Å². The summed E-state index contributed by atoms with van der Waals surface area (Å²) in [5.41, 5.74) is -3.65. The molecule has 2 amide bonds. The van der Waals surface area contributed by atoms with Crippen molar-refractivity contribution in [3.63, 3.8) is 0 Å². The van der Waals surface area contributed by atoms with Crippen LogP contribution in [0.15, 0.2) is 12.3 Å². The van der Waals surface area contributed by atoms with E-state index >= 15 is 4.39 Å². The molecule has 1 aromatic heterocycles. The highest BCUT2D eigenvalue weighted by atomic mass is 32.1. The van der Waals surface area contributed by atoms with Gasteiger partial charge in [-0.15, -0.1) is 0 Å². The Balaban J connectivity index is 3.17. The maximum atomic E-state index is 15.2. The van der Waals surface area contributed by atoms with E-state index < -0.39 is 48.7 Å². The van der Waals surface area contributed by atoms with Gasteiger partial charge in [-0.1, -0.05) is 0 Å². The van der Waals surface area contributed by atoms with Gasteiger partial charge in [0.05, 0.1) is 25.5 Å². The number of nitrogens with one attached hydrogen (secondary N) is 2. The van der Waals surface area contributed by atoms with E-state index in [-0.39, 0.29) is 36.3 Å². The number of thiocarbonyl (C=S) groups is 1. The molecule has 216 valence electrons. The van der Waals surface area contributed by atoms with E-state index in [1.165, 1.54) is 17.2 Å². The second-order valence-electron chi connectivity index (χ2n) is 9.02. The monoisotopic (exact) mass is 568 g/mol. The van der Waals surface area contributed by atoms with Crippen molar-refractivity contribution < 1.29 is 46.5 Å². The summed E-state index contributed by atoms with van der Waals surface area (Å²) in [6, 6.07) is 1.44. The average molecular weight is 569 g/mol. The first kappa shape index (κ1) is 33.0. The zero-order valence-corrected chi connectivity index (χ0v) is 23.2. The Labute approximate surface area is 224 Å². The Morgan fingerprint density at radius 3 is 2.24 bits per heavy atom. The summed E-state index contributed by atoms with van der Waals surface area (Å²) < 4.78 is 63.5. The molecule has 0 saturated heterocycles. The molecule has 11 nitrogen and oxygen atoms in total. The predicted octanol–water partition coefficient (Wildman–Crippen LogP) is 4.23. The molecule has 0 bridgehead atoms. The van der Waals surface area contributed by atoms with Crippen molar-refractivity contribution in [1.29, 1.82) is 0 Å². The Morgan fingerprint density at radius 1 is 1.11 bits per heavy atom. The Hall–Kier alpha value is -3.07. The van der Waals surface area contributed by atoms with Crippen LogP contribution in [0.5, 0.6) is 0 Å². The molecule has 0 radical (unpaired) electrons. The first-order valence-electron chi connectivity index (χ1n) is 11.7. The normalized spacial score (nSPS) is 13.8. The molecule has 1 aromatic rings. The third kappa shape index (κ3) is 9.04. The van der Waals surface area contributed by atoms with E-state index in [1.54, 1.807) is 34.6 Å². The number of H-pyrrole nitrogens is 1. The van der Waals surface area contributed by atoms with Crippen LogP contribution < -0.4 is 10.2 Å². The van der Waals surface area contributed by atoms with Crippen LogP contribution in [0.2, 0.25) is 0 Å². The van der Waals surface area contributed by atoms with Gasteiger partial charge in [-0.3, -0.25) is 10.2 Å². The molecule has 1 heterocycles. The van der Waals surface area contributed by atoms with E-state index in [0.29, 0.717) is 4.90 Å². The first-order valence-corrected chi connectivity index (χ1v) is 12.1. The van der Waals surface area contributed by atoms with Crippen molar-refractivity contribution in [2.75, 3.05) is 38.3 Å². The molecule has 1 rings (SSSR count). The molecule has 0 saturated carbocycles. The largest absolute Gasteiger partial charge is 0.461 e. The number of carbonyl (C=O) groups is 3. The fourth-order valence-electron chi connectivity index (χ4n) is 3.01. The molecule has 0 aliphatic carbocycles. The van der Waals surface area contributed by atoms with Crippen LogP contribution in [-0.4, -0.2) is 90.5 Å². The second-order valence-corrected chi connectivity index (χ2v) is 9.41. The van der Waals surface area contributed by atoms with Crippen molar-refractivity contribution in [1.82, 2.24) is 15.2 Å². The van der Waals surface area contributed by atoms with Gasteiger partial charge < -0.3 is 28.8 Å². The zero-order chi connectivity index (χ0) is 29.3. The molecule has 2 unspecified atom stereocenters. The average Bonchev–Trinajstić information content (AvgIpc) is 3.29. The summed E-state index contributed by atoms with van der Waals surface area (Å²) in [6.07, 6.45) is -6.61. The fraction of sp³-hybridized carbons (Fsp3) is 0.652. The van der Waals surface area contributed by atoms with Crippen molar-refractivity contribution in [2.24, 2.45) is 0 Å². The third-order valence-electron chi connectivity index (χ3n) is 4.88.